The normalized spacial score (nSPS) is 14.8. The average molecular weight is 585 g/mol. The second-order valence-electron chi connectivity index (χ2n) is 12.9. The number of aromatic nitrogens is 2. The molecule has 1 aromatic carbocycles. The van der Waals surface area contributed by atoms with Gasteiger partial charge in [0.05, 0.1) is 17.8 Å². The Bertz CT molecular complexity index is 1180. The number of amides is 2. The number of aliphatic hydroxyl groups is 1. The molecule has 0 fully saturated rings. The van der Waals surface area contributed by atoms with Crippen LogP contribution in [0, 0.1) is 11.8 Å². The quantitative estimate of drug-likeness (QED) is 0.298. The summed E-state index contributed by atoms with van der Waals surface area (Å²) in [6.07, 6.45) is 3.06. The highest BCUT2D eigenvalue weighted by Crippen LogP contribution is 2.21. The van der Waals surface area contributed by atoms with Gasteiger partial charge in [0.1, 0.15) is 23.6 Å². The van der Waals surface area contributed by atoms with Crippen molar-refractivity contribution in [1.82, 2.24) is 20.2 Å². The Morgan fingerprint density at radius 2 is 1.62 bits per heavy atom. The van der Waals surface area contributed by atoms with E-state index >= 15 is 0 Å². The number of imidazole rings is 1. The lowest BCUT2D eigenvalue weighted by Crippen LogP contribution is -2.54. The lowest BCUT2D eigenvalue weighted by molar-refractivity contribution is -0.124. The molecule has 1 heterocycles. The van der Waals surface area contributed by atoms with Crippen molar-refractivity contribution in [2.45, 2.75) is 104 Å². The molecule has 0 aliphatic carbocycles. The monoisotopic (exact) mass is 584 g/mol. The molecule has 2 aromatic rings. The van der Waals surface area contributed by atoms with Crippen LogP contribution in [0.3, 0.4) is 0 Å². The number of benzene rings is 1. The lowest BCUT2D eigenvalue weighted by Gasteiger charge is -2.30. The van der Waals surface area contributed by atoms with E-state index in [-0.39, 0.29) is 18.3 Å². The summed E-state index contributed by atoms with van der Waals surface area (Å²) in [5.41, 5.74) is -0.166. The molecule has 42 heavy (non-hydrogen) atoms. The number of hydrogen-bond acceptors (Lipinski definition) is 7. The van der Waals surface area contributed by atoms with Gasteiger partial charge in [-0.05, 0) is 71.8 Å². The van der Waals surface area contributed by atoms with Crippen molar-refractivity contribution >= 4 is 18.1 Å². The molecule has 4 atom stereocenters. The number of allylic oxidation sites excluding steroid dienone is 1. The Hall–Kier alpha value is -3.66. The number of carbonyl (C=O) groups is 3. The number of ether oxygens (including phenoxy) is 2. The van der Waals surface area contributed by atoms with E-state index in [0.717, 1.165) is 5.56 Å². The molecule has 10 nitrogen and oxygen atoms in total. The minimum absolute atomic E-state index is 0.0314. The second kappa shape index (κ2) is 15.0. The van der Waals surface area contributed by atoms with Gasteiger partial charge in [-0.25, -0.2) is 19.1 Å². The topological polar surface area (TPSA) is 132 Å². The molecule has 232 valence electrons. The van der Waals surface area contributed by atoms with Gasteiger partial charge in [0.2, 0.25) is 5.91 Å². The summed E-state index contributed by atoms with van der Waals surface area (Å²) >= 11 is 0. The fraction of sp³-hybridized carbons (Fsp3) is 0.562. The van der Waals surface area contributed by atoms with E-state index in [1.807, 2.05) is 36.4 Å². The number of carbonyl (C=O) groups excluding carboxylic acids is 3. The van der Waals surface area contributed by atoms with Gasteiger partial charge in [0, 0.05) is 12.6 Å². The summed E-state index contributed by atoms with van der Waals surface area (Å²) in [4.78, 5) is 43.2. The Kier molecular flexibility index (Phi) is 12.3. The third kappa shape index (κ3) is 12.1. The van der Waals surface area contributed by atoms with Crippen LogP contribution >= 0.6 is 0 Å². The lowest BCUT2D eigenvalue weighted by atomic mass is 9.86. The molecule has 0 saturated heterocycles. The van der Waals surface area contributed by atoms with Crippen LogP contribution in [0.15, 0.2) is 55.5 Å². The summed E-state index contributed by atoms with van der Waals surface area (Å²) in [5.74, 6) is -0.220. The first-order valence-corrected chi connectivity index (χ1v) is 14.4. The zero-order chi connectivity index (χ0) is 31.7. The zero-order valence-corrected chi connectivity index (χ0v) is 26.2. The summed E-state index contributed by atoms with van der Waals surface area (Å²) in [7, 11) is 0. The van der Waals surface area contributed by atoms with E-state index in [1.165, 1.54) is 17.1 Å². The first-order chi connectivity index (χ1) is 19.5. The van der Waals surface area contributed by atoms with Crippen LogP contribution < -0.4 is 10.6 Å². The van der Waals surface area contributed by atoms with E-state index in [4.69, 9.17) is 9.47 Å². The number of nitrogens with zero attached hydrogens (tertiary/aromatic N) is 2. The first kappa shape index (κ1) is 34.5. The maximum Gasteiger partial charge on any atom is 0.419 e. The van der Waals surface area contributed by atoms with Crippen molar-refractivity contribution in [1.29, 1.82) is 0 Å². The fourth-order valence-electron chi connectivity index (χ4n) is 4.27. The van der Waals surface area contributed by atoms with Crippen molar-refractivity contribution in [2.75, 3.05) is 0 Å². The minimum atomic E-state index is -1.10. The Balaban J connectivity index is 2.32. The van der Waals surface area contributed by atoms with E-state index in [0.29, 0.717) is 18.5 Å². The van der Waals surface area contributed by atoms with Gasteiger partial charge < -0.3 is 25.2 Å². The van der Waals surface area contributed by atoms with Crippen LogP contribution in [0.4, 0.5) is 9.59 Å². The van der Waals surface area contributed by atoms with E-state index in [2.05, 4.69) is 36.0 Å². The number of alkyl carbamates (subject to hydrolysis) is 1. The highest BCUT2D eigenvalue weighted by molar-refractivity contribution is 5.86. The van der Waals surface area contributed by atoms with E-state index in [9.17, 15) is 19.5 Å². The van der Waals surface area contributed by atoms with Crippen LogP contribution in [0.1, 0.15) is 73.1 Å². The number of hydrogen-bond donors (Lipinski definition) is 3. The fourth-order valence-corrected chi connectivity index (χ4v) is 4.27. The summed E-state index contributed by atoms with van der Waals surface area (Å²) < 4.78 is 12.0. The van der Waals surface area contributed by atoms with Gasteiger partial charge in [-0.1, -0.05) is 50.3 Å². The van der Waals surface area contributed by atoms with Crippen LogP contribution in [0.2, 0.25) is 0 Å². The highest BCUT2D eigenvalue weighted by Gasteiger charge is 2.31. The summed E-state index contributed by atoms with van der Waals surface area (Å²) in [6.45, 7) is 18.5. The number of nitrogens with one attached hydrogen (secondary N) is 2. The standard InChI is InChI=1S/C32H48N4O6/c1-10-23(21(2)3)17-27(37)25(16-22-14-12-11-13-15-22)34-28(38)26(35-29(39)41-31(4,5)6)18-24-19-36(20-33-24)30(40)42-32(7,8)9/h10-15,19-21,23,25-27,37H,1,16-18H2,2-9H3,(H,34,38)(H,35,39)/t23-,25-,26-,27+/m0/s1. The van der Waals surface area contributed by atoms with Crippen molar-refractivity contribution in [3.05, 3.63) is 66.8 Å². The smallest absolute Gasteiger partial charge is 0.419 e. The van der Waals surface area contributed by atoms with Gasteiger partial charge in [0.15, 0.2) is 0 Å². The molecule has 10 heteroatoms. The molecule has 0 bridgehead atoms. The molecule has 0 spiro atoms. The summed E-state index contributed by atoms with van der Waals surface area (Å²) in [6, 6.07) is 7.80. The van der Waals surface area contributed by atoms with Crippen LogP contribution in [0.5, 0.6) is 0 Å². The molecule has 2 amide bonds. The molecule has 0 aliphatic heterocycles. The van der Waals surface area contributed by atoms with Crippen molar-refractivity contribution in [2.24, 2.45) is 11.8 Å². The van der Waals surface area contributed by atoms with Crippen molar-refractivity contribution in [3.63, 3.8) is 0 Å². The largest absolute Gasteiger partial charge is 0.444 e. The maximum absolute atomic E-state index is 13.7. The summed E-state index contributed by atoms with van der Waals surface area (Å²) in [5, 5.41) is 16.9. The van der Waals surface area contributed by atoms with Gasteiger partial charge >= 0.3 is 12.2 Å². The predicted molar refractivity (Wildman–Crippen MR) is 162 cm³/mol. The molecular formula is C32H48N4O6. The molecule has 0 saturated carbocycles. The zero-order valence-electron chi connectivity index (χ0n) is 26.2. The second-order valence-corrected chi connectivity index (χ2v) is 12.9. The minimum Gasteiger partial charge on any atom is -0.444 e. The van der Waals surface area contributed by atoms with Gasteiger partial charge in [0.25, 0.3) is 0 Å². The molecule has 0 radical (unpaired) electrons. The number of rotatable bonds is 12. The van der Waals surface area contributed by atoms with Gasteiger partial charge in [-0.3, -0.25) is 4.79 Å². The molecule has 0 aliphatic rings. The molecule has 1 aromatic heterocycles. The molecular weight excluding hydrogens is 536 g/mol. The molecule has 2 rings (SSSR count). The maximum atomic E-state index is 13.7. The van der Waals surface area contributed by atoms with Gasteiger partial charge in [-0.15, -0.1) is 6.58 Å². The van der Waals surface area contributed by atoms with Crippen LogP contribution in [0.25, 0.3) is 0 Å². The van der Waals surface area contributed by atoms with Crippen molar-refractivity contribution < 1.29 is 29.0 Å². The SMILES string of the molecule is C=C[C@@H](C[C@@H](O)[C@H](Cc1ccccc1)NC(=O)[C@H](Cc1cn(C(=O)OC(C)(C)C)cn1)NC(=O)OC(C)(C)C)C(C)C. The average Bonchev–Trinajstić information content (AvgIpc) is 3.33. The van der Waals surface area contributed by atoms with Crippen LogP contribution in [-0.2, 0) is 27.1 Å². The third-order valence-corrected chi connectivity index (χ3v) is 6.42. The predicted octanol–water partition coefficient (Wildman–Crippen LogP) is 5.04. The molecule has 3 N–H and O–H groups in total. The Morgan fingerprint density at radius 1 is 1.00 bits per heavy atom. The Labute approximate surface area is 249 Å². The van der Waals surface area contributed by atoms with E-state index in [1.54, 1.807) is 41.5 Å². The van der Waals surface area contributed by atoms with Crippen LogP contribution in [-0.4, -0.2) is 62.1 Å². The Morgan fingerprint density at radius 3 is 2.17 bits per heavy atom. The highest BCUT2D eigenvalue weighted by atomic mass is 16.6. The van der Waals surface area contributed by atoms with E-state index < -0.39 is 47.5 Å². The number of aliphatic hydroxyl groups excluding tert-OH is 1. The first-order valence-electron chi connectivity index (χ1n) is 14.4. The third-order valence-electron chi connectivity index (χ3n) is 6.42. The van der Waals surface area contributed by atoms with Crippen molar-refractivity contribution in [3.8, 4) is 0 Å². The van der Waals surface area contributed by atoms with Gasteiger partial charge in [-0.2, -0.15) is 0 Å². The molecule has 0 unspecified atom stereocenters.